The maximum absolute atomic E-state index is 14.5. The zero-order valence-electron chi connectivity index (χ0n) is 18.3. The molecule has 2 unspecified atom stereocenters. The summed E-state index contributed by atoms with van der Waals surface area (Å²) >= 11 is 0. The van der Waals surface area contributed by atoms with Gasteiger partial charge in [0.05, 0.1) is 24.5 Å². The van der Waals surface area contributed by atoms with Crippen molar-refractivity contribution in [3.63, 3.8) is 0 Å². The highest BCUT2D eigenvalue weighted by molar-refractivity contribution is 7.91. The van der Waals surface area contributed by atoms with Crippen molar-refractivity contribution in [2.24, 2.45) is 9.50 Å². The number of hydrogen-bond acceptors (Lipinski definition) is 7. The second-order valence-electron chi connectivity index (χ2n) is 8.07. The van der Waals surface area contributed by atoms with Gasteiger partial charge in [-0.25, -0.2) is 23.2 Å². The van der Waals surface area contributed by atoms with E-state index >= 15 is 0 Å². The second kappa shape index (κ2) is 8.74. The zero-order valence-corrected chi connectivity index (χ0v) is 19.1. The number of anilines is 1. The fourth-order valence-electron chi connectivity index (χ4n) is 4.14. The molecule has 4 heterocycles. The lowest BCUT2D eigenvalue weighted by atomic mass is 10.0. The summed E-state index contributed by atoms with van der Waals surface area (Å²) in [6, 6.07) is 2.03. The van der Waals surface area contributed by atoms with Crippen molar-refractivity contribution in [3.05, 3.63) is 47.8 Å². The Hall–Kier alpha value is -3.42. The molecular weight excluding hydrogens is 463 g/mol. The van der Waals surface area contributed by atoms with Gasteiger partial charge in [0.15, 0.2) is 14.9 Å². The number of fused-ring (bicyclic) bond motifs is 2. The molecule has 2 aliphatic rings. The van der Waals surface area contributed by atoms with E-state index in [0.717, 1.165) is 30.3 Å². The van der Waals surface area contributed by atoms with Gasteiger partial charge in [0.1, 0.15) is 12.4 Å². The Morgan fingerprint density at radius 1 is 1.35 bits per heavy atom. The number of likely N-dealkylation sites (N-methyl/N-ethyl adjacent to an activating group) is 1. The summed E-state index contributed by atoms with van der Waals surface area (Å²) in [5.41, 5.74) is 2.61. The molecule has 2 amide bonds. The van der Waals surface area contributed by atoms with Crippen molar-refractivity contribution in [1.29, 1.82) is 0 Å². The molecule has 0 radical (unpaired) electrons. The van der Waals surface area contributed by atoms with Crippen molar-refractivity contribution >= 4 is 21.6 Å². The van der Waals surface area contributed by atoms with Crippen molar-refractivity contribution in [1.82, 2.24) is 25.1 Å². The molecule has 0 saturated heterocycles. The molecule has 13 heteroatoms. The first-order chi connectivity index (χ1) is 16.4. The Kier molecular flexibility index (Phi) is 5.75. The summed E-state index contributed by atoms with van der Waals surface area (Å²) in [7, 11) is -1.86. The average molecular weight is 487 g/mol. The van der Waals surface area contributed by atoms with Crippen LogP contribution in [0.1, 0.15) is 17.7 Å². The van der Waals surface area contributed by atoms with E-state index in [-0.39, 0.29) is 16.6 Å². The van der Waals surface area contributed by atoms with Crippen molar-refractivity contribution in [2.45, 2.75) is 36.9 Å². The van der Waals surface area contributed by atoms with E-state index in [9.17, 15) is 13.4 Å². The number of halogens is 1. The molecular formula is C21H23FN8O3S. The number of carbonyl (C=O) groups is 1. The minimum atomic E-state index is -3.67. The SMILES string of the molecule is CNC1COc2cc(S(N)(=O)=NC(=O)Nc3c(-c4ccncc4F)cnc4c3CCC4)nn2C1. The van der Waals surface area contributed by atoms with Crippen LogP contribution in [0.3, 0.4) is 0 Å². The molecule has 0 saturated carbocycles. The molecule has 11 nitrogen and oxygen atoms in total. The number of ether oxygens (including phenoxy) is 1. The molecule has 0 spiro atoms. The third kappa shape index (κ3) is 4.13. The largest absolute Gasteiger partial charge is 0.476 e. The molecule has 178 valence electrons. The van der Waals surface area contributed by atoms with Crippen molar-refractivity contribution in [2.75, 3.05) is 19.0 Å². The highest BCUT2D eigenvalue weighted by Crippen LogP contribution is 2.37. The quantitative estimate of drug-likeness (QED) is 0.510. The molecule has 34 heavy (non-hydrogen) atoms. The van der Waals surface area contributed by atoms with E-state index in [1.807, 2.05) is 0 Å². The lowest BCUT2D eigenvalue weighted by Crippen LogP contribution is -2.39. The van der Waals surface area contributed by atoms with Gasteiger partial charge in [0, 0.05) is 35.3 Å². The number of nitrogens with zero attached hydrogens (tertiary/aromatic N) is 5. The van der Waals surface area contributed by atoms with Gasteiger partial charge in [0.25, 0.3) is 0 Å². The van der Waals surface area contributed by atoms with E-state index in [1.165, 1.54) is 29.2 Å². The molecule has 4 N–H and O–H groups in total. The Morgan fingerprint density at radius 3 is 3.00 bits per heavy atom. The molecule has 2 atom stereocenters. The van der Waals surface area contributed by atoms with Gasteiger partial charge < -0.3 is 15.4 Å². The average Bonchev–Trinajstić information content (AvgIpc) is 3.46. The molecule has 5 rings (SSSR count). The first kappa shape index (κ1) is 22.4. The zero-order chi connectivity index (χ0) is 23.9. The lowest BCUT2D eigenvalue weighted by Gasteiger charge is -2.23. The van der Waals surface area contributed by atoms with E-state index in [0.29, 0.717) is 36.7 Å². The van der Waals surface area contributed by atoms with Gasteiger partial charge in [-0.1, -0.05) is 0 Å². The van der Waals surface area contributed by atoms with Crippen LogP contribution < -0.4 is 20.5 Å². The summed E-state index contributed by atoms with van der Waals surface area (Å²) in [6.45, 7) is 0.921. The summed E-state index contributed by atoms with van der Waals surface area (Å²) in [4.78, 5) is 21.1. The topological polar surface area (TPSA) is 149 Å². The van der Waals surface area contributed by atoms with Crippen LogP contribution in [-0.4, -0.2) is 49.7 Å². The Balaban J connectivity index is 1.48. The number of rotatable bonds is 4. The van der Waals surface area contributed by atoms with Crippen molar-refractivity contribution in [3.8, 4) is 17.0 Å². The third-order valence-electron chi connectivity index (χ3n) is 5.88. The molecule has 0 bridgehead atoms. The fraction of sp³-hybridized carbons (Fsp3) is 0.333. The molecule has 0 fully saturated rings. The maximum atomic E-state index is 14.5. The predicted octanol–water partition coefficient (Wildman–Crippen LogP) is 1.88. The lowest BCUT2D eigenvalue weighted by molar-refractivity contribution is 0.189. The fourth-order valence-corrected chi connectivity index (χ4v) is 5.01. The minimum absolute atomic E-state index is 0.0371. The van der Waals surface area contributed by atoms with Gasteiger partial charge in [-0.2, -0.15) is 5.10 Å². The van der Waals surface area contributed by atoms with E-state index < -0.39 is 21.8 Å². The number of urea groups is 1. The summed E-state index contributed by atoms with van der Waals surface area (Å²) in [5, 5.41) is 15.9. The number of nitrogens with one attached hydrogen (secondary N) is 2. The summed E-state index contributed by atoms with van der Waals surface area (Å²) in [5.74, 6) is -0.154. The van der Waals surface area contributed by atoms with E-state index in [4.69, 9.17) is 9.88 Å². The van der Waals surface area contributed by atoms with Gasteiger partial charge in [-0.05, 0) is 37.9 Å². The number of carbonyl (C=O) groups excluding carboxylic acids is 1. The highest BCUT2D eigenvalue weighted by atomic mass is 32.2. The van der Waals surface area contributed by atoms with Crippen LogP contribution in [-0.2, 0) is 29.3 Å². The standard InChI is InChI=1S/C21H23FN8O3S/c1-24-12-10-30-19(33-11-12)7-18(28-30)34(23,32)29-21(31)27-20-14-3-2-4-17(14)26-8-15(20)13-5-6-25-9-16(13)22/h5-9,12,24H,2-4,10-11H2,1H3,(H3,23,26,27,29,31,32). The van der Waals surface area contributed by atoms with Crippen LogP contribution >= 0.6 is 0 Å². The molecule has 3 aromatic rings. The van der Waals surface area contributed by atoms with E-state index in [1.54, 1.807) is 7.05 Å². The summed E-state index contributed by atoms with van der Waals surface area (Å²) in [6.07, 6.45) is 6.31. The number of nitrogens with two attached hydrogens (primary N) is 1. The molecule has 1 aliphatic carbocycles. The number of aryl methyl sites for hydroxylation is 1. The smallest absolute Gasteiger partial charge is 0.354 e. The third-order valence-corrected chi connectivity index (χ3v) is 7.11. The van der Waals surface area contributed by atoms with E-state index in [2.05, 4.69) is 30.1 Å². The first-order valence-electron chi connectivity index (χ1n) is 10.7. The van der Waals surface area contributed by atoms with Gasteiger partial charge >= 0.3 is 6.03 Å². The minimum Gasteiger partial charge on any atom is -0.476 e. The number of hydrogen-bond donors (Lipinski definition) is 3. The molecule has 3 aromatic heterocycles. The number of amides is 2. The van der Waals surface area contributed by atoms with Crippen molar-refractivity contribution < 1.29 is 18.1 Å². The first-order valence-corrected chi connectivity index (χ1v) is 12.3. The van der Waals surface area contributed by atoms with Gasteiger partial charge in [-0.15, -0.1) is 4.36 Å². The second-order valence-corrected chi connectivity index (χ2v) is 9.81. The Bertz CT molecular complexity index is 1400. The maximum Gasteiger partial charge on any atom is 0.354 e. The normalized spacial score (nSPS) is 18.4. The van der Waals surface area contributed by atoms with Gasteiger partial charge in [0.2, 0.25) is 5.88 Å². The van der Waals surface area contributed by atoms with Crippen LogP contribution in [0.5, 0.6) is 5.88 Å². The van der Waals surface area contributed by atoms with Crippen LogP contribution in [0.15, 0.2) is 40.1 Å². The molecule has 0 aromatic carbocycles. The van der Waals surface area contributed by atoms with Crippen LogP contribution in [0.2, 0.25) is 0 Å². The number of aromatic nitrogens is 4. The Morgan fingerprint density at radius 2 is 2.21 bits per heavy atom. The highest BCUT2D eigenvalue weighted by Gasteiger charge is 2.26. The van der Waals surface area contributed by atoms with Gasteiger partial charge in [-0.3, -0.25) is 9.97 Å². The summed E-state index contributed by atoms with van der Waals surface area (Å²) < 4.78 is 38.5. The Labute approximate surface area is 195 Å². The number of pyridine rings is 2. The monoisotopic (exact) mass is 486 g/mol. The van der Waals surface area contributed by atoms with Crippen LogP contribution in [0.25, 0.3) is 11.1 Å². The molecule has 1 aliphatic heterocycles. The predicted molar refractivity (Wildman–Crippen MR) is 122 cm³/mol. The van der Waals surface area contributed by atoms with Crippen LogP contribution in [0.4, 0.5) is 14.9 Å². The van der Waals surface area contributed by atoms with Crippen LogP contribution in [0, 0.1) is 5.82 Å².